The maximum Gasteiger partial charge on any atom is -0.0648 e. The van der Waals surface area contributed by atoms with Crippen molar-refractivity contribution in [2.45, 2.75) is 81.1 Å². The summed E-state index contributed by atoms with van der Waals surface area (Å²) >= 11 is 1.30. The third kappa shape index (κ3) is 6.43. The van der Waals surface area contributed by atoms with Crippen LogP contribution in [0.15, 0.2) is 114 Å². The van der Waals surface area contributed by atoms with E-state index in [0.717, 1.165) is 12.8 Å². The van der Waals surface area contributed by atoms with Gasteiger partial charge in [0.15, 0.2) is 0 Å². The fourth-order valence-electron chi connectivity index (χ4n) is 8.98. The molecule has 0 aliphatic heterocycles. The number of fused-ring (bicyclic) bond motifs is 7. The molecule has 0 radical (unpaired) electrons. The molecule has 0 amide bonds. The van der Waals surface area contributed by atoms with Crippen molar-refractivity contribution in [2.75, 3.05) is 0 Å². The second kappa shape index (κ2) is 15.8. The van der Waals surface area contributed by atoms with Gasteiger partial charge < -0.3 is 0 Å². The topological polar surface area (TPSA) is 0 Å². The molecule has 0 nitrogen and oxygen atoms in total. The third-order valence-electron chi connectivity index (χ3n) is 13.0. The summed E-state index contributed by atoms with van der Waals surface area (Å²) in [6.07, 6.45) is 18.5. The predicted octanol–water partition coefficient (Wildman–Crippen LogP) is 12.7. The van der Waals surface area contributed by atoms with Crippen molar-refractivity contribution in [1.29, 1.82) is 0 Å². The molecule has 8 rings (SSSR count). The molecule has 1 fully saturated rings. The van der Waals surface area contributed by atoms with Crippen LogP contribution in [0.1, 0.15) is 85.8 Å². The molecule has 0 aromatic heterocycles. The summed E-state index contributed by atoms with van der Waals surface area (Å²) in [5.74, 6) is 2.24. The van der Waals surface area contributed by atoms with E-state index < -0.39 is 0 Å². The van der Waals surface area contributed by atoms with Crippen molar-refractivity contribution in [1.82, 2.24) is 0 Å². The van der Waals surface area contributed by atoms with Crippen LogP contribution < -0.4 is 0 Å². The van der Waals surface area contributed by atoms with E-state index in [4.69, 9.17) is 0 Å². The second-order valence-corrected chi connectivity index (χ2v) is 15.0. The molecular weight excluding hydrogens is 703 g/mol. The fourth-order valence-corrected chi connectivity index (χ4v) is 8.98. The Balaban J connectivity index is 0.000000271. The van der Waals surface area contributed by atoms with E-state index in [1.807, 2.05) is 36.4 Å². The van der Waals surface area contributed by atoms with Crippen molar-refractivity contribution >= 4 is 45.4 Å². The molecule has 0 heterocycles. The van der Waals surface area contributed by atoms with Gasteiger partial charge in [-0.15, -0.1) is 55.0 Å². The van der Waals surface area contributed by atoms with Gasteiger partial charge in [-0.25, -0.2) is 18.1 Å². The Morgan fingerprint density at radius 2 is 1.50 bits per heavy atom. The van der Waals surface area contributed by atoms with Crippen LogP contribution in [0.25, 0.3) is 16.3 Å². The Kier molecular flexibility index (Phi) is 13.2. The molecule has 48 heavy (non-hydrogen) atoms. The molecule has 0 saturated heterocycles. The van der Waals surface area contributed by atoms with Gasteiger partial charge in [-0.3, -0.25) is 6.08 Å². The first kappa shape index (κ1) is 40.3. The zero-order valence-electron chi connectivity index (χ0n) is 30.2. The number of rotatable bonds is 0. The summed E-state index contributed by atoms with van der Waals surface area (Å²) in [4.78, 5) is 0. The Morgan fingerprint density at radius 1 is 0.833 bits per heavy atom. The molecule has 3 aromatic rings. The Morgan fingerprint density at radius 3 is 2.12 bits per heavy atom. The van der Waals surface area contributed by atoms with E-state index in [1.54, 1.807) is 28.2 Å². The fraction of sp³-hybridized carbons (Fsp3) is 0.378. The molecule has 5 aliphatic rings. The molecule has 2 unspecified atom stereocenters. The van der Waals surface area contributed by atoms with Gasteiger partial charge in [0.2, 0.25) is 0 Å². The molecule has 0 bridgehead atoms. The molecule has 1 saturated carbocycles. The second-order valence-electron chi connectivity index (χ2n) is 15.0. The van der Waals surface area contributed by atoms with Crippen LogP contribution in [0, 0.1) is 45.6 Å². The molecule has 3 aromatic carbocycles. The van der Waals surface area contributed by atoms with Crippen LogP contribution in [-0.4, -0.2) is 4.21 Å². The van der Waals surface area contributed by atoms with Crippen LogP contribution in [0.4, 0.5) is 0 Å². The van der Waals surface area contributed by atoms with Crippen molar-refractivity contribution in [2.24, 2.45) is 27.6 Å². The third-order valence-corrected chi connectivity index (χ3v) is 13.0. The minimum Gasteiger partial charge on any atom is -0.183 e. The van der Waals surface area contributed by atoms with E-state index in [9.17, 15) is 0 Å². The number of hydrogen-bond acceptors (Lipinski definition) is 0. The van der Waals surface area contributed by atoms with Gasteiger partial charge in [-0.05, 0) is 40.6 Å². The molecular formula is C45H53Cl2Zr-3. The summed E-state index contributed by atoms with van der Waals surface area (Å²) in [7, 11) is 0. The van der Waals surface area contributed by atoms with E-state index in [1.165, 1.54) is 59.0 Å². The Labute approximate surface area is 319 Å². The Hall–Kier alpha value is -2.18. The normalized spacial score (nSPS) is 24.1. The molecule has 3 heteroatoms. The first-order chi connectivity index (χ1) is 21.9. The number of benzene rings is 3. The summed E-state index contributed by atoms with van der Waals surface area (Å²) in [6, 6.07) is 26.5. The Bertz CT molecular complexity index is 1670. The van der Waals surface area contributed by atoms with Crippen LogP contribution in [0.3, 0.4) is 0 Å². The van der Waals surface area contributed by atoms with Crippen molar-refractivity contribution in [3.63, 3.8) is 0 Å². The molecule has 0 spiro atoms. The largest absolute Gasteiger partial charge is 0.183 e. The van der Waals surface area contributed by atoms with Gasteiger partial charge in [0, 0.05) is 0 Å². The van der Waals surface area contributed by atoms with Gasteiger partial charge in [0.05, 0.1) is 0 Å². The molecule has 2 atom stereocenters. The number of halogens is 2. The predicted molar refractivity (Wildman–Crippen MR) is 210 cm³/mol. The average molecular weight is 756 g/mol. The maximum absolute atomic E-state index is 3.34. The van der Waals surface area contributed by atoms with Crippen LogP contribution in [-0.2, 0) is 30.7 Å². The van der Waals surface area contributed by atoms with E-state index in [0.29, 0.717) is 5.92 Å². The summed E-state index contributed by atoms with van der Waals surface area (Å²) in [5.41, 5.74) is 10.3. The van der Waals surface area contributed by atoms with Gasteiger partial charge in [0.25, 0.3) is 0 Å². The van der Waals surface area contributed by atoms with Crippen LogP contribution >= 0.6 is 24.8 Å². The van der Waals surface area contributed by atoms with Crippen LogP contribution in [0.2, 0.25) is 0 Å². The van der Waals surface area contributed by atoms with E-state index in [2.05, 4.69) is 132 Å². The zero-order chi connectivity index (χ0) is 33.3. The van der Waals surface area contributed by atoms with Gasteiger partial charge >= 0.3 is 28.4 Å². The van der Waals surface area contributed by atoms with E-state index >= 15 is 0 Å². The maximum atomic E-state index is 3.34. The van der Waals surface area contributed by atoms with Crippen LogP contribution in [0.5, 0.6) is 0 Å². The smallest absolute Gasteiger partial charge is 0.0648 e. The average Bonchev–Trinajstić information content (AvgIpc) is 3.78. The standard InChI is InChI=1S/C29H37.C10H7.C5H5.CH2.2ClH.Zr/c1-18-25-22-17-19-13-9-10-14-20(19)24(22)21-15-11-12-16-23(21)29(25,8)28(6,7)27(4,5)26(18,2)3;1-2-6-10-8-4-3-7-9(10)5-1;1-2-4-5-3-1;;;;/h9-11,13-15,23H,12,16-17H2,1-8H3;1-3,5-8H;1-3H,4H2;1H2;2*1H;/q3*-1;;;;. The summed E-state index contributed by atoms with van der Waals surface area (Å²) < 4.78 is 3.34. The first-order valence-corrected chi connectivity index (χ1v) is 18.7. The van der Waals surface area contributed by atoms with Crippen molar-refractivity contribution < 1.29 is 24.2 Å². The summed E-state index contributed by atoms with van der Waals surface area (Å²) in [5, 5.41) is 2.53. The molecule has 5 aliphatic carbocycles. The van der Waals surface area contributed by atoms with Gasteiger partial charge in [-0.2, -0.15) is 41.5 Å². The number of allylic oxidation sites excluding steroid dienone is 10. The summed E-state index contributed by atoms with van der Waals surface area (Å²) in [6.45, 7) is 20.3. The van der Waals surface area contributed by atoms with Gasteiger partial charge in [-0.1, -0.05) is 132 Å². The number of hydrogen-bond donors (Lipinski definition) is 0. The van der Waals surface area contributed by atoms with Crippen molar-refractivity contribution in [3.8, 4) is 0 Å². The van der Waals surface area contributed by atoms with E-state index in [-0.39, 0.29) is 46.5 Å². The SMILES string of the molecule is C[C-]1C2=C3Cc4ccccc4C3=C3C=CCCC3C2(C)C(C)(C)C(C)(C)C1(C)C.Cl.Cl.[C-]1=CC=CC1.[CH2]=[Zr].[c-]1ccc2ccccc2c1. The molecule has 254 valence electrons. The minimum absolute atomic E-state index is 0. The first-order valence-electron chi connectivity index (χ1n) is 16.9. The quantitative estimate of drug-likeness (QED) is 0.201. The zero-order valence-corrected chi connectivity index (χ0v) is 34.3. The molecule has 0 N–H and O–H groups in total. The monoisotopic (exact) mass is 753 g/mol. The van der Waals surface area contributed by atoms with Gasteiger partial charge in [0.1, 0.15) is 0 Å². The minimum atomic E-state index is 0. The van der Waals surface area contributed by atoms with Crippen molar-refractivity contribution in [3.05, 3.63) is 143 Å².